The van der Waals surface area contributed by atoms with E-state index in [0.29, 0.717) is 17.3 Å². The largest absolute Gasteiger partial charge is 0.393 e. The number of hydrogen-bond donors (Lipinski definition) is 3. The maximum absolute atomic E-state index is 6.04. The summed E-state index contributed by atoms with van der Waals surface area (Å²) in [6, 6.07) is 7.81. The Bertz CT molecular complexity index is 541. The van der Waals surface area contributed by atoms with Gasteiger partial charge >= 0.3 is 0 Å². The lowest BCUT2D eigenvalue weighted by molar-refractivity contribution is 0.966. The van der Waals surface area contributed by atoms with Gasteiger partial charge in [-0.3, -0.25) is 0 Å². The first-order valence-electron chi connectivity index (χ1n) is 6.07. The van der Waals surface area contributed by atoms with Crippen LogP contribution in [0.3, 0.4) is 0 Å². The minimum absolute atomic E-state index is 0.527. The molecule has 0 unspecified atom stereocenters. The van der Waals surface area contributed by atoms with Gasteiger partial charge in [-0.25, -0.2) is 9.97 Å². The van der Waals surface area contributed by atoms with Crippen LogP contribution >= 0.6 is 15.9 Å². The van der Waals surface area contributed by atoms with Crippen LogP contribution in [0.25, 0.3) is 0 Å². The molecule has 1 heterocycles. The van der Waals surface area contributed by atoms with Gasteiger partial charge in [0.25, 0.3) is 0 Å². The van der Waals surface area contributed by atoms with Gasteiger partial charge in [-0.05, 0) is 30.7 Å². The van der Waals surface area contributed by atoms with E-state index in [1.807, 2.05) is 24.3 Å². The topological polar surface area (TPSA) is 75.9 Å². The Hall–Kier alpha value is -1.82. The third-order valence-corrected chi connectivity index (χ3v) is 3.06. The molecule has 1 aromatic heterocycles. The highest BCUT2D eigenvalue weighted by molar-refractivity contribution is 9.10. The summed E-state index contributed by atoms with van der Waals surface area (Å²) in [5.74, 6) is 1.27. The molecule has 5 nitrogen and oxygen atoms in total. The first-order chi connectivity index (χ1) is 9.20. The lowest BCUT2D eigenvalue weighted by Crippen LogP contribution is -2.08. The molecule has 4 N–H and O–H groups in total. The third kappa shape index (κ3) is 3.57. The monoisotopic (exact) mass is 321 g/mol. The molecule has 19 heavy (non-hydrogen) atoms. The third-order valence-electron chi connectivity index (χ3n) is 2.53. The molecule has 6 heteroatoms. The number of anilines is 4. The van der Waals surface area contributed by atoms with Crippen molar-refractivity contribution in [2.45, 2.75) is 13.3 Å². The number of aromatic nitrogens is 2. The zero-order valence-corrected chi connectivity index (χ0v) is 12.2. The highest BCUT2D eigenvalue weighted by atomic mass is 79.9. The van der Waals surface area contributed by atoms with Crippen LogP contribution in [0.15, 0.2) is 35.1 Å². The van der Waals surface area contributed by atoms with Crippen molar-refractivity contribution in [1.29, 1.82) is 0 Å². The number of nitrogens with zero attached hydrogens (tertiary/aromatic N) is 2. The summed E-state index contributed by atoms with van der Waals surface area (Å²) in [6.07, 6.45) is 2.51. The van der Waals surface area contributed by atoms with E-state index in [1.54, 1.807) is 0 Å². The van der Waals surface area contributed by atoms with Crippen LogP contribution in [-0.2, 0) is 0 Å². The molecule has 0 aliphatic rings. The van der Waals surface area contributed by atoms with E-state index in [4.69, 9.17) is 5.73 Å². The molecule has 0 aliphatic carbocycles. The fourth-order valence-corrected chi connectivity index (χ4v) is 1.81. The number of nitrogens with two attached hydrogens (primary N) is 1. The molecule has 0 atom stereocenters. The van der Waals surface area contributed by atoms with Crippen molar-refractivity contribution in [1.82, 2.24) is 9.97 Å². The molecule has 0 amide bonds. The molecule has 2 aromatic rings. The van der Waals surface area contributed by atoms with Crippen molar-refractivity contribution < 1.29 is 0 Å². The molecular formula is C13H16BrN5. The van der Waals surface area contributed by atoms with Gasteiger partial charge in [0, 0.05) is 16.7 Å². The first-order valence-corrected chi connectivity index (χ1v) is 6.87. The molecule has 100 valence electrons. The normalized spacial score (nSPS) is 10.2. The van der Waals surface area contributed by atoms with Crippen LogP contribution in [0.5, 0.6) is 0 Å². The van der Waals surface area contributed by atoms with E-state index < -0.39 is 0 Å². The quantitative estimate of drug-likeness (QED) is 0.787. The summed E-state index contributed by atoms with van der Waals surface area (Å²) in [6.45, 7) is 2.92. The molecule has 0 aliphatic heterocycles. The SMILES string of the molecule is CCCNc1ncnc(Nc2ccc(Br)cc2)c1N. The number of nitrogen functional groups attached to an aromatic ring is 1. The molecule has 0 saturated carbocycles. The van der Waals surface area contributed by atoms with Crippen molar-refractivity contribution in [2.75, 3.05) is 22.9 Å². The highest BCUT2D eigenvalue weighted by Crippen LogP contribution is 2.26. The maximum atomic E-state index is 6.04. The summed E-state index contributed by atoms with van der Waals surface area (Å²) >= 11 is 3.40. The second-order valence-electron chi connectivity index (χ2n) is 4.04. The Kier molecular flexibility index (Phi) is 4.57. The predicted octanol–water partition coefficient (Wildman–Crippen LogP) is 3.39. The minimum atomic E-state index is 0.527. The van der Waals surface area contributed by atoms with Gasteiger partial charge < -0.3 is 16.4 Å². The fourth-order valence-electron chi connectivity index (χ4n) is 1.55. The Labute approximate surface area is 120 Å². The molecule has 1 aromatic carbocycles. The van der Waals surface area contributed by atoms with E-state index in [2.05, 4.69) is 43.5 Å². The van der Waals surface area contributed by atoms with Crippen molar-refractivity contribution in [3.63, 3.8) is 0 Å². The summed E-state index contributed by atoms with van der Waals surface area (Å²) in [5.41, 5.74) is 7.50. The van der Waals surface area contributed by atoms with Crippen LogP contribution in [0.1, 0.15) is 13.3 Å². The predicted molar refractivity (Wildman–Crippen MR) is 82.6 cm³/mol. The average Bonchev–Trinajstić information content (AvgIpc) is 2.42. The Morgan fingerprint density at radius 2 is 1.84 bits per heavy atom. The molecule has 0 spiro atoms. The first kappa shape index (κ1) is 13.6. The van der Waals surface area contributed by atoms with Crippen LogP contribution in [0.4, 0.5) is 23.0 Å². The second-order valence-corrected chi connectivity index (χ2v) is 4.96. The lowest BCUT2D eigenvalue weighted by Gasteiger charge is -2.12. The van der Waals surface area contributed by atoms with Gasteiger partial charge in [0.1, 0.15) is 12.0 Å². The van der Waals surface area contributed by atoms with E-state index in [1.165, 1.54) is 6.33 Å². The minimum Gasteiger partial charge on any atom is -0.393 e. The van der Waals surface area contributed by atoms with E-state index >= 15 is 0 Å². The van der Waals surface area contributed by atoms with Crippen molar-refractivity contribution in [3.8, 4) is 0 Å². The highest BCUT2D eigenvalue weighted by Gasteiger charge is 2.07. The Morgan fingerprint density at radius 1 is 1.16 bits per heavy atom. The number of hydrogen-bond acceptors (Lipinski definition) is 5. The standard InChI is InChI=1S/C13H16BrN5/c1-2-7-16-12-11(15)13(18-8-17-12)19-10-5-3-9(14)4-6-10/h3-6,8H,2,7,15H2,1H3,(H2,16,17,18,19). The fraction of sp³-hybridized carbons (Fsp3) is 0.231. The number of rotatable bonds is 5. The summed E-state index contributed by atoms with van der Waals surface area (Å²) in [4.78, 5) is 8.30. The molecule has 0 radical (unpaired) electrons. The smallest absolute Gasteiger partial charge is 0.159 e. The van der Waals surface area contributed by atoms with Gasteiger partial charge in [0.05, 0.1) is 0 Å². The lowest BCUT2D eigenvalue weighted by atomic mass is 10.3. The van der Waals surface area contributed by atoms with Crippen LogP contribution in [0, 0.1) is 0 Å². The van der Waals surface area contributed by atoms with Gasteiger partial charge in [-0.1, -0.05) is 22.9 Å². The summed E-state index contributed by atoms with van der Waals surface area (Å²) in [5, 5.41) is 6.35. The molecule has 2 rings (SSSR count). The zero-order chi connectivity index (χ0) is 13.7. The van der Waals surface area contributed by atoms with Crippen molar-refractivity contribution in [3.05, 3.63) is 35.1 Å². The van der Waals surface area contributed by atoms with E-state index in [0.717, 1.165) is 23.1 Å². The number of nitrogens with one attached hydrogen (secondary N) is 2. The molecule has 0 bridgehead atoms. The van der Waals surface area contributed by atoms with Crippen molar-refractivity contribution in [2.24, 2.45) is 0 Å². The van der Waals surface area contributed by atoms with Gasteiger partial charge in [0.15, 0.2) is 11.6 Å². The Morgan fingerprint density at radius 3 is 2.53 bits per heavy atom. The molecule has 0 saturated heterocycles. The Balaban J connectivity index is 2.18. The van der Waals surface area contributed by atoms with Crippen LogP contribution in [-0.4, -0.2) is 16.5 Å². The number of benzene rings is 1. The van der Waals surface area contributed by atoms with Gasteiger partial charge in [-0.2, -0.15) is 0 Å². The average molecular weight is 322 g/mol. The van der Waals surface area contributed by atoms with Gasteiger partial charge in [0.2, 0.25) is 0 Å². The zero-order valence-electron chi connectivity index (χ0n) is 10.7. The maximum Gasteiger partial charge on any atom is 0.159 e. The number of halogens is 1. The molecule has 0 fully saturated rings. The summed E-state index contributed by atoms with van der Waals surface area (Å²) in [7, 11) is 0. The van der Waals surface area contributed by atoms with Crippen molar-refractivity contribution >= 4 is 38.9 Å². The van der Waals surface area contributed by atoms with E-state index in [-0.39, 0.29) is 0 Å². The van der Waals surface area contributed by atoms with Gasteiger partial charge in [-0.15, -0.1) is 0 Å². The summed E-state index contributed by atoms with van der Waals surface area (Å²) < 4.78 is 1.03. The van der Waals surface area contributed by atoms with E-state index in [9.17, 15) is 0 Å². The second kappa shape index (κ2) is 6.38. The van der Waals surface area contributed by atoms with Crippen LogP contribution < -0.4 is 16.4 Å². The molecular weight excluding hydrogens is 306 g/mol. The van der Waals surface area contributed by atoms with Crippen LogP contribution in [0.2, 0.25) is 0 Å².